The molecule has 1 aromatic heterocycles. The molecule has 160 valence electrons. The van der Waals surface area contributed by atoms with E-state index in [-0.39, 0.29) is 23.9 Å². The van der Waals surface area contributed by atoms with Gasteiger partial charge in [-0.05, 0) is 66.0 Å². The van der Waals surface area contributed by atoms with Gasteiger partial charge in [-0.25, -0.2) is 9.78 Å². The molecule has 8 heteroatoms. The van der Waals surface area contributed by atoms with E-state index in [0.29, 0.717) is 0 Å². The summed E-state index contributed by atoms with van der Waals surface area (Å²) >= 11 is 2.29. The Morgan fingerprint density at radius 1 is 1.17 bits per heavy atom. The standard InChI is InChI=1S/C22H27IN4O3/c1-30-22(29)26-17-6-3-2-5-16(17)21(28)27-12-4-7-19(27)20-24-13-18(25-20)14-8-10-15(23)11-9-14/h8-11,13,16-17,19H,2-7,12H2,1H3,(H,24,25)(H,26,29)/t16-,17+,19-/m0/s1. The monoisotopic (exact) mass is 522 g/mol. The molecule has 2 fully saturated rings. The molecule has 1 saturated heterocycles. The molecule has 1 aromatic carbocycles. The van der Waals surface area contributed by atoms with Crippen molar-refractivity contribution in [1.82, 2.24) is 20.2 Å². The van der Waals surface area contributed by atoms with E-state index < -0.39 is 6.09 Å². The number of aromatic amines is 1. The summed E-state index contributed by atoms with van der Waals surface area (Å²) in [5.74, 6) is 0.748. The third-order valence-corrected chi connectivity index (χ3v) is 6.89. The lowest BCUT2D eigenvalue weighted by atomic mass is 9.83. The molecule has 2 heterocycles. The molecule has 1 saturated carbocycles. The first-order chi connectivity index (χ1) is 14.6. The zero-order chi connectivity index (χ0) is 21.1. The van der Waals surface area contributed by atoms with Gasteiger partial charge >= 0.3 is 6.09 Å². The van der Waals surface area contributed by atoms with E-state index >= 15 is 0 Å². The molecule has 0 radical (unpaired) electrons. The number of carbonyl (C=O) groups excluding carboxylic acids is 2. The Morgan fingerprint density at radius 2 is 1.93 bits per heavy atom. The normalized spacial score (nSPS) is 23.9. The van der Waals surface area contributed by atoms with E-state index in [2.05, 4.69) is 62.1 Å². The van der Waals surface area contributed by atoms with Crippen molar-refractivity contribution in [2.45, 2.75) is 50.6 Å². The SMILES string of the molecule is COC(=O)N[C@@H]1CCCC[C@@H]1C(=O)N1CCC[C@H]1c1ncc(-c2ccc(I)cc2)[nH]1. The van der Waals surface area contributed by atoms with Crippen LogP contribution in [0.3, 0.4) is 0 Å². The van der Waals surface area contributed by atoms with E-state index in [4.69, 9.17) is 4.74 Å². The quantitative estimate of drug-likeness (QED) is 0.588. The number of ether oxygens (including phenoxy) is 1. The van der Waals surface area contributed by atoms with Gasteiger partial charge in [0, 0.05) is 16.2 Å². The number of imidazole rings is 1. The van der Waals surface area contributed by atoms with Crippen LogP contribution in [0.15, 0.2) is 30.5 Å². The molecule has 2 amide bonds. The number of likely N-dealkylation sites (tertiary alicyclic amines) is 1. The number of alkyl carbamates (subject to hydrolysis) is 1. The molecule has 2 aliphatic rings. The van der Waals surface area contributed by atoms with Gasteiger partial charge in [-0.2, -0.15) is 0 Å². The lowest BCUT2D eigenvalue weighted by Crippen LogP contribution is -2.49. The van der Waals surface area contributed by atoms with Crippen LogP contribution in [0.2, 0.25) is 0 Å². The van der Waals surface area contributed by atoms with Crippen molar-refractivity contribution >= 4 is 34.6 Å². The molecule has 7 nitrogen and oxygen atoms in total. The highest BCUT2D eigenvalue weighted by Crippen LogP contribution is 2.35. The molecular formula is C22H27IN4O3. The summed E-state index contributed by atoms with van der Waals surface area (Å²) in [7, 11) is 1.35. The average molecular weight is 522 g/mol. The highest BCUT2D eigenvalue weighted by molar-refractivity contribution is 14.1. The average Bonchev–Trinajstić information content (AvgIpc) is 3.43. The maximum absolute atomic E-state index is 13.5. The van der Waals surface area contributed by atoms with Crippen LogP contribution < -0.4 is 5.32 Å². The lowest BCUT2D eigenvalue weighted by molar-refractivity contribution is -0.138. The van der Waals surface area contributed by atoms with Crippen LogP contribution in [0.25, 0.3) is 11.3 Å². The van der Waals surface area contributed by atoms with Gasteiger partial charge in [0.25, 0.3) is 0 Å². The molecule has 0 spiro atoms. The molecular weight excluding hydrogens is 495 g/mol. The van der Waals surface area contributed by atoms with Crippen molar-refractivity contribution < 1.29 is 14.3 Å². The van der Waals surface area contributed by atoms with Gasteiger partial charge in [0.1, 0.15) is 5.82 Å². The van der Waals surface area contributed by atoms with E-state index in [9.17, 15) is 9.59 Å². The van der Waals surface area contributed by atoms with Gasteiger partial charge in [0.15, 0.2) is 0 Å². The Morgan fingerprint density at radius 3 is 2.70 bits per heavy atom. The second-order valence-corrected chi connectivity index (χ2v) is 9.26. The first-order valence-electron chi connectivity index (χ1n) is 10.5. The molecule has 0 unspecified atom stereocenters. The molecule has 1 aliphatic heterocycles. The molecule has 2 aromatic rings. The highest BCUT2D eigenvalue weighted by atomic mass is 127. The fraction of sp³-hybridized carbons (Fsp3) is 0.500. The third kappa shape index (κ3) is 4.48. The molecule has 2 N–H and O–H groups in total. The minimum absolute atomic E-state index is 0.0456. The summed E-state index contributed by atoms with van der Waals surface area (Å²) in [6.07, 6.45) is 6.85. The maximum Gasteiger partial charge on any atom is 0.407 e. The fourth-order valence-corrected chi connectivity index (χ4v) is 4.98. The number of hydrogen-bond acceptors (Lipinski definition) is 4. The van der Waals surface area contributed by atoms with Crippen LogP contribution in [-0.4, -0.2) is 46.6 Å². The van der Waals surface area contributed by atoms with Crippen molar-refractivity contribution in [3.8, 4) is 11.3 Å². The zero-order valence-corrected chi connectivity index (χ0v) is 19.2. The van der Waals surface area contributed by atoms with Gasteiger partial charge < -0.3 is 19.9 Å². The number of halogens is 1. The van der Waals surface area contributed by atoms with Crippen LogP contribution in [-0.2, 0) is 9.53 Å². The largest absolute Gasteiger partial charge is 0.453 e. The Hall–Kier alpha value is -2.10. The van der Waals surface area contributed by atoms with Gasteiger partial charge in [-0.15, -0.1) is 0 Å². The number of benzene rings is 1. The van der Waals surface area contributed by atoms with E-state index in [1.54, 1.807) is 0 Å². The smallest absolute Gasteiger partial charge is 0.407 e. The van der Waals surface area contributed by atoms with Gasteiger partial charge in [-0.1, -0.05) is 25.0 Å². The van der Waals surface area contributed by atoms with Crippen LogP contribution in [0, 0.1) is 9.49 Å². The molecule has 3 atom stereocenters. The van der Waals surface area contributed by atoms with Crippen LogP contribution in [0.5, 0.6) is 0 Å². The van der Waals surface area contributed by atoms with Crippen molar-refractivity contribution in [1.29, 1.82) is 0 Å². The number of amides is 2. The number of aromatic nitrogens is 2. The summed E-state index contributed by atoms with van der Waals surface area (Å²) in [5, 5.41) is 2.88. The highest BCUT2D eigenvalue weighted by Gasteiger charge is 2.40. The Balaban J connectivity index is 1.51. The first kappa shape index (κ1) is 21.1. The lowest BCUT2D eigenvalue weighted by Gasteiger charge is -2.35. The van der Waals surface area contributed by atoms with E-state index in [0.717, 1.165) is 62.2 Å². The summed E-state index contributed by atoms with van der Waals surface area (Å²) in [4.78, 5) is 35.2. The number of nitrogens with one attached hydrogen (secondary N) is 2. The number of nitrogens with zero attached hydrogens (tertiary/aromatic N) is 2. The van der Waals surface area contributed by atoms with Crippen molar-refractivity contribution in [2.24, 2.45) is 5.92 Å². The summed E-state index contributed by atoms with van der Waals surface area (Å²) in [6.45, 7) is 0.727. The number of carbonyl (C=O) groups is 2. The summed E-state index contributed by atoms with van der Waals surface area (Å²) in [5.41, 5.74) is 2.04. The number of rotatable bonds is 4. The predicted molar refractivity (Wildman–Crippen MR) is 122 cm³/mol. The molecule has 0 bridgehead atoms. The number of H-pyrrole nitrogens is 1. The van der Waals surface area contributed by atoms with Gasteiger partial charge in [-0.3, -0.25) is 4.79 Å². The summed E-state index contributed by atoms with van der Waals surface area (Å²) in [6, 6.07) is 8.07. The fourth-order valence-electron chi connectivity index (χ4n) is 4.62. The third-order valence-electron chi connectivity index (χ3n) is 6.17. The van der Waals surface area contributed by atoms with Gasteiger partial charge in [0.2, 0.25) is 5.91 Å². The second-order valence-electron chi connectivity index (χ2n) is 8.01. The van der Waals surface area contributed by atoms with Crippen LogP contribution >= 0.6 is 22.6 Å². The molecule has 30 heavy (non-hydrogen) atoms. The van der Waals surface area contributed by atoms with E-state index in [1.807, 2.05) is 11.1 Å². The number of hydrogen-bond donors (Lipinski definition) is 2. The van der Waals surface area contributed by atoms with E-state index in [1.165, 1.54) is 10.7 Å². The van der Waals surface area contributed by atoms with Crippen LogP contribution in [0.4, 0.5) is 4.79 Å². The molecule has 1 aliphatic carbocycles. The van der Waals surface area contributed by atoms with Gasteiger partial charge in [0.05, 0.1) is 31.0 Å². The Labute approximate surface area is 190 Å². The Kier molecular flexibility index (Phi) is 6.60. The maximum atomic E-state index is 13.5. The summed E-state index contributed by atoms with van der Waals surface area (Å²) < 4.78 is 5.95. The Bertz CT molecular complexity index is 898. The van der Waals surface area contributed by atoms with Crippen molar-refractivity contribution in [3.63, 3.8) is 0 Å². The van der Waals surface area contributed by atoms with Crippen LogP contribution in [0.1, 0.15) is 50.4 Å². The van der Waals surface area contributed by atoms with Crippen molar-refractivity contribution in [2.75, 3.05) is 13.7 Å². The minimum Gasteiger partial charge on any atom is -0.453 e. The zero-order valence-electron chi connectivity index (χ0n) is 17.1. The molecule has 4 rings (SSSR count). The van der Waals surface area contributed by atoms with Crippen molar-refractivity contribution in [3.05, 3.63) is 39.9 Å². The predicted octanol–water partition coefficient (Wildman–Crippen LogP) is 4.26. The first-order valence-corrected chi connectivity index (χ1v) is 11.6. The topological polar surface area (TPSA) is 87.3 Å². The number of methoxy groups -OCH3 is 1. The second kappa shape index (κ2) is 9.36. The minimum atomic E-state index is -0.467.